The summed E-state index contributed by atoms with van der Waals surface area (Å²) in [5.74, 6) is 1.13. The van der Waals surface area contributed by atoms with Crippen LogP contribution in [0.25, 0.3) is 0 Å². The second-order valence-corrected chi connectivity index (χ2v) is 6.47. The third-order valence-corrected chi connectivity index (χ3v) is 4.93. The molecule has 1 aliphatic rings. The van der Waals surface area contributed by atoms with E-state index in [9.17, 15) is 0 Å². The highest BCUT2D eigenvalue weighted by Gasteiger charge is 2.23. The van der Waals surface area contributed by atoms with Gasteiger partial charge >= 0.3 is 0 Å². The molecular formula is C13H18BrNOS. The van der Waals surface area contributed by atoms with Crippen molar-refractivity contribution in [1.29, 1.82) is 0 Å². The summed E-state index contributed by atoms with van der Waals surface area (Å²) in [5.41, 5.74) is 1.18. The summed E-state index contributed by atoms with van der Waals surface area (Å²) in [7, 11) is 0. The second-order valence-electron chi connectivity index (χ2n) is 4.21. The monoisotopic (exact) mass is 315 g/mol. The molecule has 17 heavy (non-hydrogen) atoms. The van der Waals surface area contributed by atoms with E-state index < -0.39 is 0 Å². The Labute approximate surface area is 116 Å². The molecule has 1 N–H and O–H groups in total. The molecule has 4 heteroatoms. The Hall–Kier alpha value is -0.190. The maximum atomic E-state index is 5.55. The van der Waals surface area contributed by atoms with Crippen LogP contribution in [0.2, 0.25) is 0 Å². The van der Waals surface area contributed by atoms with Crippen molar-refractivity contribution in [2.45, 2.75) is 24.7 Å². The Morgan fingerprint density at radius 3 is 2.82 bits per heavy atom. The highest BCUT2D eigenvalue weighted by Crippen LogP contribution is 2.26. The summed E-state index contributed by atoms with van der Waals surface area (Å²) >= 11 is 5.45. The molecule has 1 aromatic rings. The van der Waals surface area contributed by atoms with E-state index in [0.717, 1.165) is 23.4 Å². The maximum absolute atomic E-state index is 5.55. The maximum Gasteiger partial charge on any atom is 0.0666 e. The normalized spacial score (nSPS) is 23.9. The number of nitrogens with one attached hydrogen (secondary N) is 1. The number of anilines is 1. The van der Waals surface area contributed by atoms with Gasteiger partial charge in [0.1, 0.15) is 0 Å². The molecule has 1 heterocycles. The van der Waals surface area contributed by atoms with Gasteiger partial charge in [0.05, 0.1) is 6.10 Å². The van der Waals surface area contributed by atoms with Gasteiger partial charge in [-0.2, -0.15) is 11.8 Å². The zero-order valence-corrected chi connectivity index (χ0v) is 12.4. The molecular weight excluding hydrogens is 298 g/mol. The molecule has 0 saturated carbocycles. The van der Waals surface area contributed by atoms with E-state index in [1.807, 2.05) is 11.8 Å². The molecule has 1 fully saturated rings. The van der Waals surface area contributed by atoms with Crippen LogP contribution >= 0.6 is 27.7 Å². The van der Waals surface area contributed by atoms with Crippen LogP contribution in [-0.4, -0.2) is 30.3 Å². The van der Waals surface area contributed by atoms with Crippen LogP contribution in [0.5, 0.6) is 0 Å². The summed E-state index contributed by atoms with van der Waals surface area (Å²) in [5, 5.41) is 4.11. The van der Waals surface area contributed by atoms with Gasteiger partial charge in [-0.05, 0) is 37.6 Å². The van der Waals surface area contributed by atoms with Gasteiger partial charge in [0, 0.05) is 34.3 Å². The molecule has 0 amide bonds. The van der Waals surface area contributed by atoms with Gasteiger partial charge in [0.15, 0.2) is 0 Å². The van der Waals surface area contributed by atoms with Crippen LogP contribution in [0.4, 0.5) is 5.69 Å². The van der Waals surface area contributed by atoms with Crippen LogP contribution in [-0.2, 0) is 4.74 Å². The Kier molecular flexibility index (Phi) is 5.19. The first-order valence-corrected chi connectivity index (χ1v) is 7.82. The Balaban J connectivity index is 1.64. The highest BCUT2D eigenvalue weighted by atomic mass is 79.9. The minimum absolute atomic E-state index is 0.424. The first-order chi connectivity index (χ1) is 8.25. The number of benzene rings is 1. The average molecular weight is 316 g/mol. The van der Waals surface area contributed by atoms with Crippen LogP contribution in [0.3, 0.4) is 0 Å². The number of thioether (sulfide) groups is 1. The van der Waals surface area contributed by atoms with Crippen molar-refractivity contribution >= 4 is 33.4 Å². The van der Waals surface area contributed by atoms with Gasteiger partial charge in [0.25, 0.3) is 0 Å². The fourth-order valence-corrected chi connectivity index (χ4v) is 3.30. The number of ether oxygens (including phenoxy) is 1. The minimum Gasteiger partial charge on any atom is -0.384 e. The van der Waals surface area contributed by atoms with E-state index in [2.05, 4.69) is 52.4 Å². The molecule has 0 spiro atoms. The van der Waals surface area contributed by atoms with Crippen molar-refractivity contribution < 1.29 is 4.74 Å². The van der Waals surface area contributed by atoms with E-state index in [1.165, 1.54) is 12.1 Å². The molecule has 1 saturated heterocycles. The molecule has 0 bridgehead atoms. The third-order valence-electron chi connectivity index (χ3n) is 2.91. The fraction of sp³-hybridized carbons (Fsp3) is 0.538. The molecule has 0 aromatic heterocycles. The molecule has 1 aromatic carbocycles. The van der Waals surface area contributed by atoms with Crippen molar-refractivity contribution in [2.75, 3.05) is 24.2 Å². The van der Waals surface area contributed by atoms with E-state index >= 15 is 0 Å². The average Bonchev–Trinajstić information content (AvgIpc) is 2.73. The lowest BCUT2D eigenvalue weighted by Gasteiger charge is -2.13. The van der Waals surface area contributed by atoms with E-state index in [-0.39, 0.29) is 0 Å². The van der Waals surface area contributed by atoms with Gasteiger partial charge in [0.2, 0.25) is 0 Å². The lowest BCUT2D eigenvalue weighted by molar-refractivity contribution is 0.127. The predicted octanol–water partition coefficient (Wildman–Crippen LogP) is 3.77. The molecule has 2 atom stereocenters. The molecule has 0 aliphatic carbocycles. The standard InChI is InChI=1S/C13H18BrNOS/c1-10-13(6-8-16-10)17-9-7-15-12-4-2-11(14)3-5-12/h2-5,10,13,15H,6-9H2,1H3. The molecule has 94 valence electrons. The first kappa shape index (κ1) is 13.2. The highest BCUT2D eigenvalue weighted by molar-refractivity contribution is 9.10. The molecule has 1 aliphatic heterocycles. The van der Waals surface area contributed by atoms with Crippen LogP contribution in [0, 0.1) is 0 Å². The van der Waals surface area contributed by atoms with Crippen molar-refractivity contribution in [3.8, 4) is 0 Å². The largest absolute Gasteiger partial charge is 0.384 e. The van der Waals surface area contributed by atoms with Gasteiger partial charge < -0.3 is 10.1 Å². The number of halogens is 1. The van der Waals surface area contributed by atoms with Crippen molar-refractivity contribution in [3.05, 3.63) is 28.7 Å². The summed E-state index contributed by atoms with van der Waals surface area (Å²) in [6, 6.07) is 8.30. The lowest BCUT2D eigenvalue weighted by Crippen LogP contribution is -2.16. The molecule has 0 radical (unpaired) electrons. The first-order valence-electron chi connectivity index (χ1n) is 5.98. The van der Waals surface area contributed by atoms with Crippen molar-refractivity contribution in [2.24, 2.45) is 0 Å². The van der Waals surface area contributed by atoms with E-state index in [0.29, 0.717) is 11.4 Å². The summed E-state index contributed by atoms with van der Waals surface area (Å²) < 4.78 is 6.67. The second kappa shape index (κ2) is 6.66. The third kappa shape index (κ3) is 4.19. The quantitative estimate of drug-likeness (QED) is 0.836. The Morgan fingerprint density at radius 2 is 2.18 bits per heavy atom. The zero-order chi connectivity index (χ0) is 12.1. The van der Waals surface area contributed by atoms with Crippen LogP contribution in [0.15, 0.2) is 28.7 Å². The van der Waals surface area contributed by atoms with Crippen molar-refractivity contribution in [3.63, 3.8) is 0 Å². The van der Waals surface area contributed by atoms with Crippen molar-refractivity contribution in [1.82, 2.24) is 0 Å². The Morgan fingerprint density at radius 1 is 1.41 bits per heavy atom. The number of hydrogen-bond acceptors (Lipinski definition) is 3. The Bertz CT molecular complexity index is 344. The van der Waals surface area contributed by atoms with E-state index in [4.69, 9.17) is 4.74 Å². The van der Waals surface area contributed by atoms with Crippen LogP contribution in [0.1, 0.15) is 13.3 Å². The fourth-order valence-electron chi connectivity index (χ4n) is 1.90. The predicted molar refractivity (Wildman–Crippen MR) is 78.9 cm³/mol. The molecule has 2 nitrogen and oxygen atoms in total. The topological polar surface area (TPSA) is 21.3 Å². The molecule has 2 unspecified atom stereocenters. The summed E-state index contributed by atoms with van der Waals surface area (Å²) in [4.78, 5) is 0. The van der Waals surface area contributed by atoms with E-state index in [1.54, 1.807) is 0 Å². The number of hydrogen-bond donors (Lipinski definition) is 1. The summed E-state index contributed by atoms with van der Waals surface area (Å²) in [6.45, 7) is 4.11. The van der Waals surface area contributed by atoms with Gasteiger partial charge in [-0.15, -0.1) is 0 Å². The number of rotatable bonds is 5. The zero-order valence-electron chi connectivity index (χ0n) is 9.99. The summed E-state index contributed by atoms with van der Waals surface area (Å²) in [6.07, 6.45) is 1.62. The van der Waals surface area contributed by atoms with Crippen LogP contribution < -0.4 is 5.32 Å². The minimum atomic E-state index is 0.424. The SMILES string of the molecule is CC1OCCC1SCCNc1ccc(Br)cc1. The van der Waals surface area contributed by atoms with Gasteiger partial charge in [-0.25, -0.2) is 0 Å². The van der Waals surface area contributed by atoms with Gasteiger partial charge in [-0.3, -0.25) is 0 Å². The smallest absolute Gasteiger partial charge is 0.0666 e. The lowest BCUT2D eigenvalue weighted by atomic mass is 10.3. The molecule has 2 rings (SSSR count). The van der Waals surface area contributed by atoms with Gasteiger partial charge in [-0.1, -0.05) is 15.9 Å².